The number of rotatable bonds is 2. The third kappa shape index (κ3) is 3.05. The second-order valence-corrected chi connectivity index (χ2v) is 5.00. The van der Waals surface area contributed by atoms with Gasteiger partial charge in [0.25, 0.3) is 5.91 Å². The highest BCUT2D eigenvalue weighted by Crippen LogP contribution is 2.12. The Kier molecular flexibility index (Phi) is 3.87. The maximum Gasteiger partial charge on any atom is 0.274 e. The van der Waals surface area contributed by atoms with Crippen LogP contribution >= 0.6 is 0 Å². The molecule has 0 bridgehead atoms. The van der Waals surface area contributed by atoms with Crippen molar-refractivity contribution in [1.29, 1.82) is 0 Å². The summed E-state index contributed by atoms with van der Waals surface area (Å²) in [5, 5.41) is 4.36. The van der Waals surface area contributed by atoms with Gasteiger partial charge in [-0.3, -0.25) is 4.79 Å². The number of carbonyl (C=O) groups excluding carboxylic acids is 1. The molecule has 0 atom stereocenters. The normalized spacial score (nSPS) is 15.7. The smallest absolute Gasteiger partial charge is 0.274 e. The lowest BCUT2D eigenvalue weighted by molar-refractivity contribution is 0.0735. The van der Waals surface area contributed by atoms with Crippen molar-refractivity contribution in [3.63, 3.8) is 0 Å². The monoisotopic (exact) mass is 286 g/mol. The molecular formula is C15H18N4O2. The van der Waals surface area contributed by atoms with E-state index in [1.54, 1.807) is 21.8 Å². The van der Waals surface area contributed by atoms with Crippen LogP contribution < -0.4 is 5.73 Å². The fourth-order valence-corrected chi connectivity index (χ4v) is 2.32. The molecule has 0 radical (unpaired) electrons. The highest BCUT2D eigenvalue weighted by molar-refractivity contribution is 5.92. The Labute approximate surface area is 123 Å². The molecule has 2 aromatic rings. The largest absolute Gasteiger partial charge is 0.399 e. The molecule has 1 aliphatic rings. The third-order valence-corrected chi connectivity index (χ3v) is 3.48. The van der Waals surface area contributed by atoms with Crippen LogP contribution in [0.2, 0.25) is 0 Å². The quantitative estimate of drug-likeness (QED) is 0.845. The average Bonchev–Trinajstić information content (AvgIpc) is 2.83. The van der Waals surface area contributed by atoms with Gasteiger partial charge in [0.2, 0.25) is 0 Å². The van der Waals surface area contributed by atoms with Crippen LogP contribution in [0.3, 0.4) is 0 Å². The molecule has 0 unspecified atom stereocenters. The van der Waals surface area contributed by atoms with Gasteiger partial charge in [0, 0.05) is 31.6 Å². The number of benzene rings is 1. The zero-order valence-corrected chi connectivity index (χ0v) is 11.7. The molecule has 2 N–H and O–H groups in total. The summed E-state index contributed by atoms with van der Waals surface area (Å²) in [6.07, 6.45) is 2.65. The summed E-state index contributed by atoms with van der Waals surface area (Å²) in [4.78, 5) is 14.2. The number of hydrogen-bond acceptors (Lipinski definition) is 4. The van der Waals surface area contributed by atoms with Crippen LogP contribution in [0.25, 0.3) is 5.69 Å². The van der Waals surface area contributed by atoms with E-state index in [2.05, 4.69) is 5.10 Å². The summed E-state index contributed by atoms with van der Waals surface area (Å²) in [6, 6.07) is 9.10. The van der Waals surface area contributed by atoms with Crippen LogP contribution in [0.5, 0.6) is 0 Å². The Morgan fingerprint density at radius 2 is 1.95 bits per heavy atom. The maximum absolute atomic E-state index is 12.4. The summed E-state index contributed by atoms with van der Waals surface area (Å²) in [5.41, 5.74) is 7.70. The van der Waals surface area contributed by atoms with E-state index in [0.717, 1.165) is 12.1 Å². The van der Waals surface area contributed by atoms with E-state index in [-0.39, 0.29) is 5.91 Å². The van der Waals surface area contributed by atoms with Crippen LogP contribution in [-0.2, 0) is 4.74 Å². The first-order valence-electron chi connectivity index (χ1n) is 7.03. The topological polar surface area (TPSA) is 73.4 Å². The van der Waals surface area contributed by atoms with Gasteiger partial charge in [-0.05, 0) is 36.8 Å². The molecule has 6 nitrogen and oxygen atoms in total. The van der Waals surface area contributed by atoms with Gasteiger partial charge < -0.3 is 15.4 Å². The number of nitrogens with zero attached hydrogens (tertiary/aromatic N) is 3. The summed E-state index contributed by atoms with van der Waals surface area (Å²) in [6.45, 7) is 2.63. The first kappa shape index (κ1) is 13.6. The van der Waals surface area contributed by atoms with E-state index in [9.17, 15) is 4.79 Å². The predicted octanol–water partition coefficient (Wildman–Crippen LogP) is 1.32. The van der Waals surface area contributed by atoms with Crippen LogP contribution in [0, 0.1) is 0 Å². The van der Waals surface area contributed by atoms with Gasteiger partial charge in [-0.2, -0.15) is 5.10 Å². The minimum Gasteiger partial charge on any atom is -0.399 e. The van der Waals surface area contributed by atoms with Crippen LogP contribution in [0.4, 0.5) is 5.69 Å². The molecule has 3 rings (SSSR count). The van der Waals surface area contributed by atoms with Crippen LogP contribution in [-0.4, -0.2) is 46.9 Å². The zero-order chi connectivity index (χ0) is 14.7. The van der Waals surface area contributed by atoms with Crippen molar-refractivity contribution >= 4 is 11.6 Å². The zero-order valence-electron chi connectivity index (χ0n) is 11.7. The number of aromatic nitrogens is 2. The molecule has 1 aromatic carbocycles. The number of amides is 1. The predicted molar refractivity (Wildman–Crippen MR) is 79.3 cm³/mol. The Hall–Kier alpha value is -2.34. The van der Waals surface area contributed by atoms with E-state index in [1.165, 1.54) is 0 Å². The molecule has 1 fully saturated rings. The highest BCUT2D eigenvalue weighted by Gasteiger charge is 2.19. The van der Waals surface area contributed by atoms with Gasteiger partial charge in [-0.25, -0.2) is 4.68 Å². The SMILES string of the molecule is Nc1ccc(-n2ccc(C(=O)N3CCCOCC3)n2)cc1. The van der Waals surface area contributed by atoms with Crippen molar-refractivity contribution in [3.8, 4) is 5.69 Å². The second kappa shape index (κ2) is 5.97. The second-order valence-electron chi connectivity index (χ2n) is 5.00. The average molecular weight is 286 g/mol. The molecule has 1 aromatic heterocycles. The highest BCUT2D eigenvalue weighted by atomic mass is 16.5. The van der Waals surface area contributed by atoms with Crippen molar-refractivity contribution in [3.05, 3.63) is 42.2 Å². The van der Waals surface area contributed by atoms with Crippen LogP contribution in [0.15, 0.2) is 36.5 Å². The summed E-state index contributed by atoms with van der Waals surface area (Å²) >= 11 is 0. The van der Waals surface area contributed by atoms with Crippen molar-refractivity contribution in [2.24, 2.45) is 0 Å². The molecule has 2 heterocycles. The van der Waals surface area contributed by atoms with E-state index >= 15 is 0 Å². The standard InChI is InChI=1S/C15H18N4O2/c16-12-2-4-13(5-3-12)19-8-6-14(17-19)15(20)18-7-1-10-21-11-9-18/h2-6,8H,1,7,9-11,16H2. The molecule has 1 aliphatic heterocycles. The summed E-state index contributed by atoms with van der Waals surface area (Å²) in [7, 11) is 0. The van der Waals surface area contributed by atoms with E-state index < -0.39 is 0 Å². The van der Waals surface area contributed by atoms with Gasteiger partial charge in [0.15, 0.2) is 5.69 Å². The Morgan fingerprint density at radius 1 is 1.14 bits per heavy atom. The molecule has 110 valence electrons. The molecule has 0 aliphatic carbocycles. The molecule has 0 spiro atoms. The lowest BCUT2D eigenvalue weighted by Crippen LogP contribution is -2.33. The first-order valence-corrected chi connectivity index (χ1v) is 7.03. The summed E-state index contributed by atoms with van der Waals surface area (Å²) < 4.78 is 7.05. The lowest BCUT2D eigenvalue weighted by atomic mass is 10.3. The number of hydrogen-bond donors (Lipinski definition) is 1. The fourth-order valence-electron chi connectivity index (χ4n) is 2.32. The summed E-state index contributed by atoms with van der Waals surface area (Å²) in [5.74, 6) is -0.0466. The number of nitrogens with two attached hydrogens (primary N) is 1. The lowest BCUT2D eigenvalue weighted by Gasteiger charge is -2.17. The van der Waals surface area contributed by atoms with Crippen LogP contribution in [0.1, 0.15) is 16.9 Å². The van der Waals surface area contributed by atoms with Crippen molar-refractivity contribution < 1.29 is 9.53 Å². The first-order chi connectivity index (χ1) is 10.2. The van der Waals surface area contributed by atoms with Crippen molar-refractivity contribution in [1.82, 2.24) is 14.7 Å². The number of anilines is 1. The van der Waals surface area contributed by atoms with E-state index in [4.69, 9.17) is 10.5 Å². The number of ether oxygens (including phenoxy) is 1. The number of nitrogen functional groups attached to an aromatic ring is 1. The molecule has 0 saturated carbocycles. The Morgan fingerprint density at radius 3 is 2.76 bits per heavy atom. The Balaban J connectivity index is 1.77. The maximum atomic E-state index is 12.4. The van der Waals surface area contributed by atoms with Gasteiger partial charge in [0.1, 0.15) is 0 Å². The number of carbonyl (C=O) groups is 1. The van der Waals surface area contributed by atoms with Gasteiger partial charge >= 0.3 is 0 Å². The van der Waals surface area contributed by atoms with E-state index in [1.807, 2.05) is 24.3 Å². The molecule has 1 saturated heterocycles. The van der Waals surface area contributed by atoms with E-state index in [0.29, 0.717) is 37.7 Å². The van der Waals surface area contributed by atoms with Gasteiger partial charge in [-0.1, -0.05) is 0 Å². The van der Waals surface area contributed by atoms with Crippen molar-refractivity contribution in [2.45, 2.75) is 6.42 Å². The Bertz CT molecular complexity index is 613. The van der Waals surface area contributed by atoms with Crippen molar-refractivity contribution in [2.75, 3.05) is 32.0 Å². The van der Waals surface area contributed by atoms with Gasteiger partial charge in [0.05, 0.1) is 12.3 Å². The third-order valence-electron chi connectivity index (χ3n) is 3.48. The molecule has 1 amide bonds. The fraction of sp³-hybridized carbons (Fsp3) is 0.333. The minimum absolute atomic E-state index is 0.0466. The molecular weight excluding hydrogens is 268 g/mol. The minimum atomic E-state index is -0.0466. The van der Waals surface area contributed by atoms with Gasteiger partial charge in [-0.15, -0.1) is 0 Å². The molecule has 21 heavy (non-hydrogen) atoms. The molecule has 6 heteroatoms.